The summed E-state index contributed by atoms with van der Waals surface area (Å²) in [7, 11) is 3.60. The lowest BCUT2D eigenvalue weighted by Crippen LogP contribution is -2.09. The largest absolute Gasteiger partial charge is 0.341 e. The Kier molecular flexibility index (Phi) is 3.66. The summed E-state index contributed by atoms with van der Waals surface area (Å²) in [5.41, 5.74) is 2.61. The average molecular weight is 113 g/mol. The van der Waals surface area contributed by atoms with Crippen LogP contribution in [0.25, 0.3) is 0 Å². The fourth-order valence-corrected chi connectivity index (χ4v) is 0.196. The smallest absolute Gasteiger partial charge is 0.114 e. The monoisotopic (exact) mass is 113 g/mol. The van der Waals surface area contributed by atoms with Crippen LogP contribution in [0.3, 0.4) is 0 Å². The van der Waals surface area contributed by atoms with Gasteiger partial charge in [-0.25, -0.2) is 0 Å². The Balaban J connectivity index is 3.35. The summed E-state index contributed by atoms with van der Waals surface area (Å²) in [6.45, 7) is 3.52. The fourth-order valence-electron chi connectivity index (χ4n) is 0.196. The van der Waals surface area contributed by atoms with Crippen LogP contribution in [-0.4, -0.2) is 25.3 Å². The molecule has 0 spiro atoms. The summed E-state index contributed by atoms with van der Waals surface area (Å²) in [4.78, 5) is 1.75. The highest BCUT2D eigenvalue weighted by Crippen LogP contribution is 1.71. The Hall–Kier alpha value is -0.990. The normalized spacial score (nSPS) is 9.25. The van der Waals surface area contributed by atoms with Crippen molar-refractivity contribution in [2.75, 3.05) is 14.1 Å². The van der Waals surface area contributed by atoms with E-state index >= 15 is 0 Å². The van der Waals surface area contributed by atoms with E-state index in [0.717, 1.165) is 0 Å². The van der Waals surface area contributed by atoms with Crippen molar-refractivity contribution in [3.63, 3.8) is 0 Å². The second-order valence-electron chi connectivity index (χ2n) is 1.32. The van der Waals surface area contributed by atoms with Crippen LogP contribution in [0.2, 0.25) is 0 Å². The molecule has 46 valence electrons. The van der Waals surface area contributed by atoms with Crippen LogP contribution in [-0.2, 0) is 0 Å². The molecule has 0 aliphatic heterocycles. The lowest BCUT2D eigenvalue weighted by atomic mass is 10.8. The molecule has 0 bridgehead atoms. The minimum absolute atomic E-state index is 1.63. The van der Waals surface area contributed by atoms with Gasteiger partial charge in [-0.2, -0.15) is 5.10 Å². The predicted octanol–water partition coefficient (Wildman–Crippen LogP) is 0.224. The minimum atomic E-state index is 1.63. The van der Waals surface area contributed by atoms with E-state index in [1.165, 1.54) is 0 Å². The molecule has 0 unspecified atom stereocenters. The third kappa shape index (κ3) is 3.21. The van der Waals surface area contributed by atoms with Gasteiger partial charge in [-0.1, -0.05) is 6.58 Å². The van der Waals surface area contributed by atoms with Gasteiger partial charge in [0.15, 0.2) is 0 Å². The molecule has 1 N–H and O–H groups in total. The van der Waals surface area contributed by atoms with Gasteiger partial charge in [0, 0.05) is 14.1 Å². The van der Waals surface area contributed by atoms with Crippen LogP contribution < -0.4 is 5.43 Å². The molecule has 0 amide bonds. The summed E-state index contributed by atoms with van der Waals surface area (Å²) in [5.74, 6) is 0. The first-order chi connectivity index (χ1) is 3.81. The third-order valence-electron chi connectivity index (χ3n) is 0.657. The molecule has 0 radical (unpaired) electrons. The van der Waals surface area contributed by atoms with E-state index in [1.807, 2.05) is 7.05 Å². The Labute approximate surface area is 49.7 Å². The average Bonchev–Trinajstić information content (AvgIpc) is 1.83. The second kappa shape index (κ2) is 4.18. The molecule has 0 heterocycles. The van der Waals surface area contributed by atoms with Crippen molar-refractivity contribution in [1.82, 2.24) is 10.3 Å². The summed E-state index contributed by atoms with van der Waals surface area (Å²) >= 11 is 0. The Morgan fingerprint density at radius 1 is 1.75 bits per heavy atom. The summed E-state index contributed by atoms with van der Waals surface area (Å²) in [6, 6.07) is 0. The number of nitrogens with one attached hydrogen (secondary N) is 1. The van der Waals surface area contributed by atoms with Gasteiger partial charge in [0.2, 0.25) is 0 Å². The van der Waals surface area contributed by atoms with Crippen LogP contribution >= 0.6 is 0 Å². The lowest BCUT2D eigenvalue weighted by molar-refractivity contribution is 0.698. The Bertz CT molecular complexity index is 87.7. The zero-order valence-corrected chi connectivity index (χ0v) is 5.26. The van der Waals surface area contributed by atoms with E-state index in [9.17, 15) is 0 Å². The van der Waals surface area contributed by atoms with Crippen LogP contribution in [0.15, 0.2) is 17.9 Å². The first-order valence-corrected chi connectivity index (χ1v) is 2.35. The van der Waals surface area contributed by atoms with Gasteiger partial charge in [-0.3, -0.25) is 0 Å². The fraction of sp³-hybridized carbons (Fsp3) is 0.400. The highest BCUT2D eigenvalue weighted by molar-refractivity contribution is 5.55. The predicted molar refractivity (Wildman–Crippen MR) is 35.5 cm³/mol. The van der Waals surface area contributed by atoms with Crippen LogP contribution in [0.4, 0.5) is 0 Å². The van der Waals surface area contributed by atoms with Gasteiger partial charge in [0.25, 0.3) is 0 Å². The van der Waals surface area contributed by atoms with Crippen LogP contribution in [0, 0.1) is 0 Å². The highest BCUT2D eigenvalue weighted by Gasteiger charge is 1.74. The van der Waals surface area contributed by atoms with Crippen molar-refractivity contribution in [1.29, 1.82) is 0 Å². The topological polar surface area (TPSA) is 27.6 Å². The standard InChI is InChI=1S/C5H11N3/c1-4-8(3)5-7-6-2/h4-6H,1H2,2-3H3/b7-5-. The molecule has 0 atom stereocenters. The van der Waals surface area contributed by atoms with E-state index in [-0.39, 0.29) is 0 Å². The number of hydrazone groups is 1. The van der Waals surface area contributed by atoms with Crippen molar-refractivity contribution in [2.24, 2.45) is 5.10 Å². The van der Waals surface area contributed by atoms with Gasteiger partial charge in [-0.15, -0.1) is 0 Å². The molecule has 0 aromatic carbocycles. The van der Waals surface area contributed by atoms with Crippen molar-refractivity contribution in [3.8, 4) is 0 Å². The molecule has 3 heteroatoms. The first kappa shape index (κ1) is 7.01. The summed E-state index contributed by atoms with van der Waals surface area (Å²) in [6.07, 6.45) is 3.30. The molecule has 0 saturated heterocycles. The highest BCUT2D eigenvalue weighted by atomic mass is 15.3. The van der Waals surface area contributed by atoms with Crippen molar-refractivity contribution >= 4 is 6.34 Å². The summed E-state index contributed by atoms with van der Waals surface area (Å²) in [5, 5.41) is 3.72. The van der Waals surface area contributed by atoms with E-state index in [4.69, 9.17) is 0 Å². The molecule has 0 aromatic heterocycles. The molecule has 0 rings (SSSR count). The maximum Gasteiger partial charge on any atom is 0.114 e. The molecular weight excluding hydrogens is 102 g/mol. The van der Waals surface area contributed by atoms with E-state index in [1.54, 1.807) is 24.5 Å². The SMILES string of the molecule is C=CN(C)/C=N\NC. The van der Waals surface area contributed by atoms with Gasteiger partial charge in [0.1, 0.15) is 6.34 Å². The zero-order chi connectivity index (χ0) is 6.41. The van der Waals surface area contributed by atoms with Crippen molar-refractivity contribution in [2.45, 2.75) is 0 Å². The van der Waals surface area contributed by atoms with Gasteiger partial charge < -0.3 is 10.3 Å². The van der Waals surface area contributed by atoms with E-state index in [2.05, 4.69) is 17.1 Å². The molecule has 0 aliphatic rings. The molecule has 0 fully saturated rings. The number of rotatable bonds is 3. The maximum absolute atomic E-state index is 3.72. The molecular formula is C5H11N3. The maximum atomic E-state index is 3.72. The molecule has 0 aromatic rings. The number of nitrogens with zero attached hydrogens (tertiary/aromatic N) is 2. The number of hydrogen-bond donors (Lipinski definition) is 1. The molecule has 3 nitrogen and oxygen atoms in total. The number of hydrogen-bond acceptors (Lipinski definition) is 2. The lowest BCUT2D eigenvalue weighted by Gasteiger charge is -2.01. The van der Waals surface area contributed by atoms with Crippen molar-refractivity contribution in [3.05, 3.63) is 12.8 Å². The van der Waals surface area contributed by atoms with E-state index < -0.39 is 0 Å². The van der Waals surface area contributed by atoms with E-state index in [0.29, 0.717) is 0 Å². The van der Waals surface area contributed by atoms with Gasteiger partial charge in [0.05, 0.1) is 0 Å². The van der Waals surface area contributed by atoms with Crippen LogP contribution in [0.5, 0.6) is 0 Å². The molecule has 0 saturated carbocycles. The van der Waals surface area contributed by atoms with Gasteiger partial charge in [-0.05, 0) is 6.20 Å². The quantitative estimate of drug-likeness (QED) is 0.322. The Morgan fingerprint density at radius 3 is 2.75 bits per heavy atom. The van der Waals surface area contributed by atoms with Crippen molar-refractivity contribution < 1.29 is 0 Å². The second-order valence-corrected chi connectivity index (χ2v) is 1.32. The molecule has 8 heavy (non-hydrogen) atoms. The minimum Gasteiger partial charge on any atom is -0.341 e. The summed E-state index contributed by atoms with van der Waals surface area (Å²) < 4.78 is 0. The Morgan fingerprint density at radius 2 is 2.38 bits per heavy atom. The first-order valence-electron chi connectivity index (χ1n) is 2.35. The van der Waals surface area contributed by atoms with Gasteiger partial charge >= 0.3 is 0 Å². The van der Waals surface area contributed by atoms with Crippen LogP contribution in [0.1, 0.15) is 0 Å². The third-order valence-corrected chi connectivity index (χ3v) is 0.657. The molecule has 0 aliphatic carbocycles. The zero-order valence-electron chi connectivity index (χ0n) is 5.26.